The van der Waals surface area contributed by atoms with Crippen molar-refractivity contribution < 1.29 is 9.18 Å². The normalized spacial score (nSPS) is 20.3. The Morgan fingerprint density at radius 2 is 2.29 bits per heavy atom. The molecule has 1 saturated carbocycles. The molecule has 0 radical (unpaired) electrons. The summed E-state index contributed by atoms with van der Waals surface area (Å²) in [6, 6.07) is 6.71. The van der Waals surface area contributed by atoms with Gasteiger partial charge < -0.3 is 5.32 Å². The first-order valence-corrected chi connectivity index (χ1v) is 7.96. The Morgan fingerprint density at radius 1 is 1.48 bits per heavy atom. The second-order valence-corrected chi connectivity index (χ2v) is 6.43. The first-order chi connectivity index (χ1) is 10.1. The molecule has 1 aromatic carbocycles. The number of hydrogen-bond acceptors (Lipinski definition) is 3. The lowest BCUT2D eigenvalue weighted by molar-refractivity contribution is -0.122. The van der Waals surface area contributed by atoms with E-state index in [2.05, 4.69) is 10.3 Å². The molecule has 2 aromatic rings. The molecule has 0 spiro atoms. The smallest absolute Gasteiger partial charge is 0.223 e. The van der Waals surface area contributed by atoms with Gasteiger partial charge in [0.05, 0.1) is 10.7 Å². The molecule has 5 heteroatoms. The van der Waals surface area contributed by atoms with Gasteiger partial charge in [-0.1, -0.05) is 18.2 Å². The molecule has 0 bridgehead atoms. The summed E-state index contributed by atoms with van der Waals surface area (Å²) < 4.78 is 13.7. The number of carbonyl (C=O) groups excluding carboxylic acids is 1. The molecular formula is C16H17FN2OS. The topological polar surface area (TPSA) is 42.0 Å². The van der Waals surface area contributed by atoms with Gasteiger partial charge >= 0.3 is 0 Å². The fourth-order valence-corrected chi connectivity index (χ4v) is 3.22. The van der Waals surface area contributed by atoms with Crippen LogP contribution in [0.5, 0.6) is 0 Å². The molecule has 1 N–H and O–H groups in total. The van der Waals surface area contributed by atoms with Crippen molar-refractivity contribution in [2.45, 2.75) is 25.7 Å². The Balaban J connectivity index is 1.48. The molecule has 3 rings (SSSR count). The first kappa shape index (κ1) is 14.2. The Labute approximate surface area is 127 Å². The van der Waals surface area contributed by atoms with Gasteiger partial charge in [-0.05, 0) is 30.9 Å². The maximum Gasteiger partial charge on any atom is 0.223 e. The van der Waals surface area contributed by atoms with Crippen LogP contribution in [0.15, 0.2) is 29.6 Å². The predicted molar refractivity (Wildman–Crippen MR) is 80.8 cm³/mol. The van der Waals surface area contributed by atoms with Crippen LogP contribution in [0.2, 0.25) is 0 Å². The number of hydrogen-bond donors (Lipinski definition) is 1. The van der Waals surface area contributed by atoms with Crippen LogP contribution < -0.4 is 5.32 Å². The van der Waals surface area contributed by atoms with Crippen LogP contribution in [-0.4, -0.2) is 17.4 Å². The number of carbonyl (C=O) groups is 1. The molecule has 1 amide bonds. The lowest BCUT2D eigenvalue weighted by Crippen LogP contribution is -2.27. The van der Waals surface area contributed by atoms with E-state index < -0.39 is 0 Å². The molecule has 1 aliphatic rings. The van der Waals surface area contributed by atoms with Gasteiger partial charge in [0.15, 0.2) is 0 Å². The average Bonchev–Trinajstić information content (AvgIpc) is 3.16. The number of rotatable bonds is 5. The van der Waals surface area contributed by atoms with Crippen molar-refractivity contribution in [3.05, 3.63) is 51.7 Å². The summed E-state index contributed by atoms with van der Waals surface area (Å²) in [5.74, 6) is -0.238. The Hall–Kier alpha value is -1.75. The van der Waals surface area contributed by atoms with Gasteiger partial charge in [-0.2, -0.15) is 0 Å². The zero-order valence-electron chi connectivity index (χ0n) is 11.8. The van der Waals surface area contributed by atoms with Gasteiger partial charge in [0.25, 0.3) is 0 Å². The van der Waals surface area contributed by atoms with Crippen molar-refractivity contribution in [3.8, 4) is 0 Å². The summed E-state index contributed by atoms with van der Waals surface area (Å²) in [7, 11) is 0. The van der Waals surface area contributed by atoms with Gasteiger partial charge in [-0.15, -0.1) is 11.3 Å². The van der Waals surface area contributed by atoms with Crippen molar-refractivity contribution in [2.75, 3.05) is 6.54 Å². The minimum absolute atomic E-state index is 0.0233. The van der Waals surface area contributed by atoms with Crippen LogP contribution in [0.3, 0.4) is 0 Å². The second-order valence-electron chi connectivity index (χ2n) is 5.37. The van der Waals surface area contributed by atoms with Crippen LogP contribution in [0.25, 0.3) is 0 Å². The highest BCUT2D eigenvalue weighted by Gasteiger charge is 2.44. The summed E-state index contributed by atoms with van der Waals surface area (Å²) >= 11 is 1.62. The third-order valence-corrected chi connectivity index (χ3v) is 4.60. The van der Waals surface area contributed by atoms with Crippen LogP contribution >= 0.6 is 11.3 Å². The van der Waals surface area contributed by atoms with Crippen LogP contribution in [0, 0.1) is 18.7 Å². The van der Waals surface area contributed by atoms with Gasteiger partial charge in [0.1, 0.15) is 5.82 Å². The van der Waals surface area contributed by atoms with Crippen molar-refractivity contribution in [1.29, 1.82) is 0 Å². The van der Waals surface area contributed by atoms with Gasteiger partial charge in [0.2, 0.25) is 5.91 Å². The van der Waals surface area contributed by atoms with E-state index in [4.69, 9.17) is 0 Å². The van der Waals surface area contributed by atoms with Gasteiger partial charge in [-0.25, -0.2) is 9.37 Å². The van der Waals surface area contributed by atoms with Gasteiger partial charge in [-0.3, -0.25) is 4.79 Å². The van der Waals surface area contributed by atoms with Crippen LogP contribution in [0.4, 0.5) is 4.39 Å². The zero-order valence-corrected chi connectivity index (χ0v) is 12.6. The Bertz CT molecular complexity index is 655. The third-order valence-electron chi connectivity index (χ3n) is 3.78. The van der Waals surface area contributed by atoms with E-state index in [0.29, 0.717) is 12.1 Å². The largest absolute Gasteiger partial charge is 0.355 e. The maximum absolute atomic E-state index is 13.7. The first-order valence-electron chi connectivity index (χ1n) is 7.08. The Morgan fingerprint density at radius 3 is 3.00 bits per heavy atom. The average molecular weight is 304 g/mol. The second kappa shape index (κ2) is 5.93. The van der Waals surface area contributed by atoms with E-state index in [1.165, 1.54) is 6.07 Å². The number of aryl methyl sites for hydroxylation is 1. The number of aromatic nitrogens is 1. The van der Waals surface area contributed by atoms with Crippen molar-refractivity contribution in [3.63, 3.8) is 0 Å². The van der Waals surface area contributed by atoms with E-state index in [1.54, 1.807) is 23.5 Å². The fourth-order valence-electron chi connectivity index (χ4n) is 2.57. The number of benzene rings is 1. The molecule has 21 heavy (non-hydrogen) atoms. The number of nitrogens with one attached hydrogen (secondary N) is 1. The fraction of sp³-hybridized carbons (Fsp3) is 0.375. The molecule has 1 heterocycles. The zero-order chi connectivity index (χ0) is 14.8. The highest BCUT2D eigenvalue weighted by atomic mass is 32.1. The summed E-state index contributed by atoms with van der Waals surface area (Å²) in [6.07, 6.45) is 1.48. The van der Waals surface area contributed by atoms with E-state index in [1.807, 2.05) is 18.4 Å². The van der Waals surface area contributed by atoms with E-state index >= 15 is 0 Å². The monoisotopic (exact) mass is 304 g/mol. The molecule has 0 aliphatic heterocycles. The minimum atomic E-state index is -0.212. The molecule has 1 aliphatic carbocycles. The molecule has 110 valence electrons. The number of nitrogens with zero attached hydrogens (tertiary/aromatic N) is 1. The summed E-state index contributed by atoms with van der Waals surface area (Å²) in [5.41, 5.74) is 1.67. The SMILES string of the molecule is Cc1nc(CCNC(=O)C2CC2c2ccccc2F)cs1. The van der Waals surface area contributed by atoms with E-state index in [-0.39, 0.29) is 23.6 Å². The standard InChI is InChI=1S/C16H17FN2OS/c1-10-19-11(9-21-10)6-7-18-16(20)14-8-13(14)12-4-2-3-5-15(12)17/h2-5,9,13-14H,6-8H2,1H3,(H,18,20). The summed E-state index contributed by atoms with van der Waals surface area (Å²) in [5, 5.41) is 5.98. The molecule has 1 aromatic heterocycles. The number of thiazole rings is 1. The maximum atomic E-state index is 13.7. The number of amides is 1. The van der Waals surface area contributed by atoms with Crippen molar-refractivity contribution in [1.82, 2.24) is 10.3 Å². The van der Waals surface area contributed by atoms with Crippen LogP contribution in [0.1, 0.15) is 28.6 Å². The molecule has 3 nitrogen and oxygen atoms in total. The third kappa shape index (κ3) is 3.29. The highest BCUT2D eigenvalue weighted by Crippen LogP contribution is 2.48. The Kier molecular flexibility index (Phi) is 4.01. The summed E-state index contributed by atoms with van der Waals surface area (Å²) in [4.78, 5) is 16.4. The quantitative estimate of drug-likeness (QED) is 0.922. The van der Waals surface area contributed by atoms with Crippen LogP contribution in [-0.2, 0) is 11.2 Å². The van der Waals surface area contributed by atoms with Crippen molar-refractivity contribution >= 4 is 17.2 Å². The van der Waals surface area contributed by atoms with Gasteiger partial charge in [0, 0.05) is 24.3 Å². The molecule has 0 saturated heterocycles. The molecule has 2 unspecified atom stereocenters. The minimum Gasteiger partial charge on any atom is -0.355 e. The van der Waals surface area contributed by atoms with E-state index in [0.717, 1.165) is 23.5 Å². The number of halogens is 1. The predicted octanol–water partition coefficient (Wildman–Crippen LogP) is 3.05. The lowest BCUT2D eigenvalue weighted by atomic mass is 10.1. The summed E-state index contributed by atoms with van der Waals surface area (Å²) in [6.45, 7) is 2.55. The van der Waals surface area contributed by atoms with E-state index in [9.17, 15) is 9.18 Å². The van der Waals surface area contributed by atoms with Crippen molar-refractivity contribution in [2.24, 2.45) is 5.92 Å². The molecular weight excluding hydrogens is 287 g/mol. The molecule has 2 atom stereocenters. The lowest BCUT2D eigenvalue weighted by Gasteiger charge is -2.04. The molecule has 1 fully saturated rings. The highest BCUT2D eigenvalue weighted by molar-refractivity contribution is 7.09.